The smallest absolute Gasteiger partial charge is 0.255 e. The number of hydrogen-bond acceptors (Lipinski definition) is 3. The SMILES string of the molecule is CC(OS(=O)(=O)C(F)(F)F)c1ccccc1. The van der Waals surface area contributed by atoms with Gasteiger partial charge in [-0.2, -0.15) is 21.6 Å². The molecule has 0 heterocycles. The number of halogens is 3. The van der Waals surface area contributed by atoms with Gasteiger partial charge in [0.2, 0.25) is 0 Å². The molecule has 0 aliphatic heterocycles. The highest BCUT2D eigenvalue weighted by Crippen LogP contribution is 2.29. The van der Waals surface area contributed by atoms with Crippen LogP contribution in [0.3, 0.4) is 0 Å². The van der Waals surface area contributed by atoms with Gasteiger partial charge in [-0.15, -0.1) is 0 Å². The number of rotatable bonds is 3. The molecule has 1 unspecified atom stereocenters. The molecule has 0 N–H and O–H groups in total. The van der Waals surface area contributed by atoms with Crippen LogP contribution in [0.15, 0.2) is 30.3 Å². The van der Waals surface area contributed by atoms with Gasteiger partial charge in [0.15, 0.2) is 0 Å². The minimum absolute atomic E-state index is 0.357. The first-order valence-electron chi connectivity index (χ1n) is 4.28. The molecule has 0 bridgehead atoms. The lowest BCUT2D eigenvalue weighted by atomic mass is 10.1. The zero-order chi connectivity index (χ0) is 12.4. The zero-order valence-electron chi connectivity index (χ0n) is 8.23. The molecule has 1 atom stereocenters. The van der Waals surface area contributed by atoms with E-state index in [0.717, 1.165) is 0 Å². The van der Waals surface area contributed by atoms with E-state index in [1.165, 1.54) is 19.1 Å². The molecule has 16 heavy (non-hydrogen) atoms. The predicted molar refractivity (Wildman–Crippen MR) is 50.9 cm³/mol. The molecule has 0 aliphatic rings. The van der Waals surface area contributed by atoms with Crippen LogP contribution in [0.2, 0.25) is 0 Å². The largest absolute Gasteiger partial charge is 0.523 e. The van der Waals surface area contributed by atoms with Crippen molar-refractivity contribution in [2.75, 3.05) is 0 Å². The van der Waals surface area contributed by atoms with Crippen molar-refractivity contribution in [1.29, 1.82) is 0 Å². The molecule has 0 saturated carbocycles. The van der Waals surface area contributed by atoms with Gasteiger partial charge in [0, 0.05) is 0 Å². The van der Waals surface area contributed by atoms with E-state index in [1.807, 2.05) is 0 Å². The van der Waals surface area contributed by atoms with Crippen molar-refractivity contribution in [3.8, 4) is 0 Å². The first kappa shape index (κ1) is 13.0. The molecule has 7 heteroatoms. The summed E-state index contributed by atoms with van der Waals surface area (Å²) in [5.74, 6) is 0. The van der Waals surface area contributed by atoms with Crippen LogP contribution in [-0.2, 0) is 14.3 Å². The summed E-state index contributed by atoms with van der Waals surface area (Å²) in [5.41, 5.74) is -5.04. The van der Waals surface area contributed by atoms with Crippen LogP contribution in [-0.4, -0.2) is 13.9 Å². The second kappa shape index (κ2) is 4.42. The first-order valence-corrected chi connectivity index (χ1v) is 5.69. The fourth-order valence-corrected chi connectivity index (χ4v) is 1.62. The third-order valence-corrected chi connectivity index (χ3v) is 2.93. The lowest BCUT2D eigenvalue weighted by molar-refractivity contribution is -0.0569. The highest BCUT2D eigenvalue weighted by Gasteiger charge is 2.48. The Morgan fingerprint density at radius 1 is 1.19 bits per heavy atom. The molecule has 0 aromatic heterocycles. The van der Waals surface area contributed by atoms with Crippen LogP contribution in [0.5, 0.6) is 0 Å². The van der Waals surface area contributed by atoms with E-state index in [9.17, 15) is 21.6 Å². The predicted octanol–water partition coefficient (Wildman–Crippen LogP) is 2.61. The maximum atomic E-state index is 12.0. The molecular formula is C9H9F3O3S. The minimum Gasteiger partial charge on any atom is -0.255 e. The molecule has 0 saturated heterocycles. The van der Waals surface area contributed by atoms with Crippen molar-refractivity contribution in [1.82, 2.24) is 0 Å². The van der Waals surface area contributed by atoms with E-state index >= 15 is 0 Å². The van der Waals surface area contributed by atoms with Gasteiger partial charge in [0.1, 0.15) is 0 Å². The van der Waals surface area contributed by atoms with Crippen molar-refractivity contribution >= 4 is 10.1 Å². The summed E-state index contributed by atoms with van der Waals surface area (Å²) in [7, 11) is -5.55. The molecule has 0 spiro atoms. The molecule has 0 amide bonds. The van der Waals surface area contributed by atoms with Crippen molar-refractivity contribution < 1.29 is 25.8 Å². The van der Waals surface area contributed by atoms with Crippen molar-refractivity contribution in [2.24, 2.45) is 0 Å². The molecular weight excluding hydrogens is 245 g/mol. The van der Waals surface area contributed by atoms with Gasteiger partial charge in [-0.1, -0.05) is 30.3 Å². The maximum Gasteiger partial charge on any atom is 0.523 e. The van der Waals surface area contributed by atoms with E-state index in [0.29, 0.717) is 5.56 Å². The van der Waals surface area contributed by atoms with Crippen LogP contribution in [0, 0.1) is 0 Å². The molecule has 1 aromatic rings. The van der Waals surface area contributed by atoms with Gasteiger partial charge < -0.3 is 0 Å². The van der Waals surface area contributed by atoms with Gasteiger partial charge >= 0.3 is 15.6 Å². The van der Waals surface area contributed by atoms with Gasteiger partial charge in [0.25, 0.3) is 0 Å². The highest BCUT2D eigenvalue weighted by atomic mass is 32.2. The highest BCUT2D eigenvalue weighted by molar-refractivity contribution is 7.87. The van der Waals surface area contributed by atoms with Crippen molar-refractivity contribution in [3.05, 3.63) is 35.9 Å². The van der Waals surface area contributed by atoms with E-state index in [1.54, 1.807) is 18.2 Å². The molecule has 0 aliphatic carbocycles. The van der Waals surface area contributed by atoms with Crippen LogP contribution in [0.1, 0.15) is 18.6 Å². The fourth-order valence-electron chi connectivity index (χ4n) is 1.02. The Bertz CT molecular complexity index is 439. The van der Waals surface area contributed by atoms with E-state index in [-0.39, 0.29) is 0 Å². The van der Waals surface area contributed by atoms with Crippen molar-refractivity contribution in [3.63, 3.8) is 0 Å². The Labute approximate surface area is 91.0 Å². The third-order valence-electron chi connectivity index (χ3n) is 1.82. The van der Waals surface area contributed by atoms with Gasteiger partial charge in [-0.25, -0.2) is 0 Å². The molecule has 90 valence electrons. The molecule has 1 rings (SSSR count). The quantitative estimate of drug-likeness (QED) is 0.615. The van der Waals surface area contributed by atoms with Crippen molar-refractivity contribution in [2.45, 2.75) is 18.5 Å². The molecule has 1 aromatic carbocycles. The lowest BCUT2D eigenvalue weighted by Crippen LogP contribution is -2.26. The minimum atomic E-state index is -5.55. The molecule has 0 radical (unpaired) electrons. The topological polar surface area (TPSA) is 43.4 Å². The number of alkyl halides is 3. The van der Waals surface area contributed by atoms with Crippen LogP contribution < -0.4 is 0 Å². The number of hydrogen-bond donors (Lipinski definition) is 0. The van der Waals surface area contributed by atoms with Gasteiger partial charge in [0.05, 0.1) is 6.10 Å². The fraction of sp³-hybridized carbons (Fsp3) is 0.333. The summed E-state index contributed by atoms with van der Waals surface area (Å²) >= 11 is 0. The summed E-state index contributed by atoms with van der Waals surface area (Å²) in [5, 5.41) is 0. The molecule has 3 nitrogen and oxygen atoms in total. The monoisotopic (exact) mass is 254 g/mol. The van der Waals surface area contributed by atoms with E-state index in [2.05, 4.69) is 4.18 Å². The lowest BCUT2D eigenvalue weighted by Gasteiger charge is -2.14. The Balaban J connectivity index is 2.85. The van der Waals surface area contributed by atoms with Crippen LogP contribution in [0.25, 0.3) is 0 Å². The molecule has 0 fully saturated rings. The normalized spacial score (nSPS) is 14.8. The first-order chi connectivity index (χ1) is 7.24. The van der Waals surface area contributed by atoms with E-state index < -0.39 is 21.7 Å². The zero-order valence-corrected chi connectivity index (χ0v) is 9.05. The Morgan fingerprint density at radius 2 is 1.69 bits per heavy atom. The third kappa shape index (κ3) is 2.96. The Morgan fingerprint density at radius 3 is 2.12 bits per heavy atom. The summed E-state index contributed by atoms with van der Waals surface area (Å²) in [6, 6.07) is 7.78. The van der Waals surface area contributed by atoms with E-state index in [4.69, 9.17) is 0 Å². The number of benzene rings is 1. The Hall–Kier alpha value is -1.08. The summed E-state index contributed by atoms with van der Waals surface area (Å²) in [6.45, 7) is 1.23. The maximum absolute atomic E-state index is 12.0. The van der Waals surface area contributed by atoms with Gasteiger partial charge in [-0.05, 0) is 12.5 Å². The average Bonchev–Trinajstić information content (AvgIpc) is 2.16. The summed E-state index contributed by atoms with van der Waals surface area (Å²) < 4.78 is 61.4. The summed E-state index contributed by atoms with van der Waals surface area (Å²) in [4.78, 5) is 0. The standard InChI is InChI=1S/C9H9F3O3S/c1-7(8-5-3-2-4-6-8)15-16(13,14)9(10,11)12/h2-7H,1H3. The van der Waals surface area contributed by atoms with Crippen LogP contribution >= 0.6 is 0 Å². The Kier molecular flexibility index (Phi) is 3.59. The van der Waals surface area contributed by atoms with Crippen LogP contribution in [0.4, 0.5) is 13.2 Å². The second-order valence-corrected chi connectivity index (χ2v) is 4.61. The average molecular weight is 254 g/mol. The van der Waals surface area contributed by atoms with Gasteiger partial charge in [-0.3, -0.25) is 4.18 Å². The second-order valence-electron chi connectivity index (χ2n) is 3.05. The summed E-state index contributed by atoms with van der Waals surface area (Å²) in [6.07, 6.45) is -1.17.